The minimum Gasteiger partial charge on any atom is -0.481 e. The molecule has 1 spiro atoms. The van der Waals surface area contributed by atoms with Crippen molar-refractivity contribution in [3.63, 3.8) is 0 Å². The predicted molar refractivity (Wildman–Crippen MR) is 81.3 cm³/mol. The summed E-state index contributed by atoms with van der Waals surface area (Å²) in [6, 6.07) is -0.371. The Morgan fingerprint density at radius 2 is 1.91 bits per heavy atom. The zero-order valence-electron chi connectivity index (χ0n) is 13.6. The minimum absolute atomic E-state index is 0.0316. The average molecular weight is 310 g/mol. The quantitative estimate of drug-likeness (QED) is 0.781. The molecule has 2 aliphatic rings. The van der Waals surface area contributed by atoms with Crippen molar-refractivity contribution < 1.29 is 19.5 Å². The highest BCUT2D eigenvalue weighted by atomic mass is 16.4. The van der Waals surface area contributed by atoms with Crippen molar-refractivity contribution in [3.05, 3.63) is 0 Å². The van der Waals surface area contributed by atoms with Gasteiger partial charge in [-0.05, 0) is 43.4 Å². The third-order valence-corrected chi connectivity index (χ3v) is 5.08. The van der Waals surface area contributed by atoms with E-state index < -0.39 is 11.5 Å². The Labute approximate surface area is 131 Å². The van der Waals surface area contributed by atoms with Crippen LogP contribution in [0.15, 0.2) is 0 Å². The molecule has 2 rings (SSSR count). The van der Waals surface area contributed by atoms with Crippen molar-refractivity contribution in [1.29, 1.82) is 0 Å². The Morgan fingerprint density at radius 3 is 2.41 bits per heavy atom. The van der Waals surface area contributed by atoms with Crippen LogP contribution >= 0.6 is 0 Å². The maximum atomic E-state index is 12.6. The molecule has 1 saturated carbocycles. The second kappa shape index (κ2) is 5.89. The first kappa shape index (κ1) is 16.8. The number of carbonyl (C=O) groups is 3. The van der Waals surface area contributed by atoms with Crippen LogP contribution in [0, 0.1) is 11.3 Å². The van der Waals surface area contributed by atoms with Crippen LogP contribution in [0.3, 0.4) is 0 Å². The lowest BCUT2D eigenvalue weighted by Gasteiger charge is -2.40. The van der Waals surface area contributed by atoms with Gasteiger partial charge in [-0.3, -0.25) is 14.5 Å². The SMILES string of the molecule is CC(C)(C)C1CCC2(CC1)NC(=O)N(CCCC(=O)O)C2=O. The molecule has 1 aliphatic heterocycles. The fraction of sp³-hybridized carbons (Fsp3) is 0.812. The number of amides is 3. The van der Waals surface area contributed by atoms with Crippen molar-refractivity contribution >= 4 is 17.9 Å². The van der Waals surface area contributed by atoms with Gasteiger partial charge >= 0.3 is 12.0 Å². The van der Waals surface area contributed by atoms with Gasteiger partial charge in [-0.25, -0.2) is 4.79 Å². The van der Waals surface area contributed by atoms with E-state index in [0.717, 1.165) is 12.8 Å². The van der Waals surface area contributed by atoms with Gasteiger partial charge in [0.05, 0.1) is 0 Å². The molecule has 0 atom stereocenters. The molecule has 0 unspecified atom stereocenters. The molecule has 6 heteroatoms. The summed E-state index contributed by atoms with van der Waals surface area (Å²) in [6.07, 6.45) is 3.48. The molecule has 2 N–H and O–H groups in total. The molecule has 0 aromatic rings. The van der Waals surface area contributed by atoms with Gasteiger partial charge in [0.15, 0.2) is 0 Å². The molecule has 6 nitrogen and oxygen atoms in total. The van der Waals surface area contributed by atoms with Crippen LogP contribution in [-0.4, -0.2) is 40.0 Å². The fourth-order valence-corrected chi connectivity index (χ4v) is 3.58. The van der Waals surface area contributed by atoms with E-state index in [2.05, 4.69) is 26.1 Å². The van der Waals surface area contributed by atoms with Gasteiger partial charge in [-0.15, -0.1) is 0 Å². The number of imide groups is 1. The lowest BCUT2D eigenvalue weighted by molar-refractivity contribution is -0.138. The number of aliphatic carboxylic acids is 1. The van der Waals surface area contributed by atoms with Gasteiger partial charge in [0, 0.05) is 13.0 Å². The van der Waals surface area contributed by atoms with Crippen LogP contribution in [0.25, 0.3) is 0 Å². The molecule has 0 bridgehead atoms. The van der Waals surface area contributed by atoms with Crippen LogP contribution < -0.4 is 5.32 Å². The molecule has 3 amide bonds. The summed E-state index contributed by atoms with van der Waals surface area (Å²) in [5, 5.41) is 11.5. The summed E-state index contributed by atoms with van der Waals surface area (Å²) in [4.78, 5) is 36.4. The van der Waals surface area contributed by atoms with E-state index in [1.165, 1.54) is 4.90 Å². The number of carbonyl (C=O) groups excluding carboxylic acids is 2. The van der Waals surface area contributed by atoms with Crippen molar-refractivity contribution in [2.45, 2.75) is 64.8 Å². The number of nitrogens with one attached hydrogen (secondary N) is 1. The summed E-state index contributed by atoms with van der Waals surface area (Å²) in [7, 11) is 0. The summed E-state index contributed by atoms with van der Waals surface area (Å²) in [5.74, 6) is -0.522. The molecule has 124 valence electrons. The second-order valence-electron chi connectivity index (χ2n) is 7.61. The molecule has 22 heavy (non-hydrogen) atoms. The Kier molecular flexibility index (Phi) is 4.49. The standard InChI is InChI=1S/C16H26N2O4/c1-15(2,3)11-6-8-16(9-7-11)13(21)18(14(22)17-16)10-4-5-12(19)20/h11H,4-10H2,1-3H3,(H,17,22)(H,19,20). The van der Waals surface area contributed by atoms with Crippen molar-refractivity contribution in [2.24, 2.45) is 11.3 Å². The Hall–Kier alpha value is -1.59. The molecule has 0 aromatic carbocycles. The van der Waals surface area contributed by atoms with E-state index in [4.69, 9.17) is 5.11 Å². The highest BCUT2D eigenvalue weighted by molar-refractivity contribution is 6.07. The first-order valence-electron chi connectivity index (χ1n) is 8.02. The molecule has 1 heterocycles. The number of rotatable bonds is 4. The Morgan fingerprint density at radius 1 is 1.32 bits per heavy atom. The number of hydrogen-bond donors (Lipinski definition) is 2. The minimum atomic E-state index is -0.910. The third kappa shape index (κ3) is 3.25. The molecule has 1 saturated heterocycles. The molecular formula is C16H26N2O4. The van der Waals surface area contributed by atoms with Crippen LogP contribution in [0.4, 0.5) is 4.79 Å². The number of nitrogens with zero attached hydrogens (tertiary/aromatic N) is 1. The smallest absolute Gasteiger partial charge is 0.325 e. The lowest BCUT2D eigenvalue weighted by atomic mass is 9.67. The molecule has 0 aromatic heterocycles. The summed E-state index contributed by atoms with van der Waals surface area (Å²) in [6.45, 7) is 6.82. The summed E-state index contributed by atoms with van der Waals surface area (Å²) >= 11 is 0. The Balaban J connectivity index is 1.98. The summed E-state index contributed by atoms with van der Waals surface area (Å²) < 4.78 is 0. The number of urea groups is 1. The van der Waals surface area contributed by atoms with Crippen molar-refractivity contribution in [1.82, 2.24) is 10.2 Å². The topological polar surface area (TPSA) is 86.7 Å². The molecular weight excluding hydrogens is 284 g/mol. The zero-order chi connectivity index (χ0) is 16.5. The number of carboxylic acids is 1. The van der Waals surface area contributed by atoms with Crippen LogP contribution in [-0.2, 0) is 9.59 Å². The van der Waals surface area contributed by atoms with Crippen molar-refractivity contribution in [3.8, 4) is 0 Å². The van der Waals surface area contributed by atoms with Crippen LogP contribution in [0.1, 0.15) is 59.3 Å². The monoisotopic (exact) mass is 310 g/mol. The van der Waals surface area contributed by atoms with E-state index >= 15 is 0 Å². The van der Waals surface area contributed by atoms with Gasteiger partial charge in [-0.1, -0.05) is 20.8 Å². The van der Waals surface area contributed by atoms with E-state index in [0.29, 0.717) is 25.2 Å². The van der Waals surface area contributed by atoms with E-state index in [-0.39, 0.29) is 30.3 Å². The Bertz CT molecular complexity index is 473. The number of carboxylic acid groups (broad SMARTS) is 1. The second-order valence-corrected chi connectivity index (χ2v) is 7.61. The van der Waals surface area contributed by atoms with Crippen LogP contribution in [0.5, 0.6) is 0 Å². The maximum absolute atomic E-state index is 12.6. The van der Waals surface area contributed by atoms with Gasteiger partial charge in [0.1, 0.15) is 5.54 Å². The maximum Gasteiger partial charge on any atom is 0.325 e. The first-order valence-corrected chi connectivity index (χ1v) is 8.02. The fourth-order valence-electron chi connectivity index (χ4n) is 3.58. The zero-order valence-corrected chi connectivity index (χ0v) is 13.6. The summed E-state index contributed by atoms with van der Waals surface area (Å²) in [5.41, 5.74) is -0.531. The van der Waals surface area contributed by atoms with Crippen LogP contribution in [0.2, 0.25) is 0 Å². The van der Waals surface area contributed by atoms with E-state index in [1.807, 2.05) is 0 Å². The molecule has 0 radical (unpaired) electrons. The first-order chi connectivity index (χ1) is 10.2. The van der Waals surface area contributed by atoms with E-state index in [9.17, 15) is 14.4 Å². The largest absolute Gasteiger partial charge is 0.481 e. The lowest BCUT2D eigenvalue weighted by Crippen LogP contribution is -2.50. The van der Waals surface area contributed by atoms with Gasteiger partial charge in [-0.2, -0.15) is 0 Å². The highest BCUT2D eigenvalue weighted by Gasteiger charge is 2.52. The predicted octanol–water partition coefficient (Wildman–Crippen LogP) is 2.38. The van der Waals surface area contributed by atoms with Gasteiger partial charge < -0.3 is 10.4 Å². The molecule has 1 aliphatic carbocycles. The van der Waals surface area contributed by atoms with E-state index in [1.54, 1.807) is 0 Å². The van der Waals surface area contributed by atoms with Gasteiger partial charge in [0.2, 0.25) is 0 Å². The highest BCUT2D eigenvalue weighted by Crippen LogP contribution is 2.43. The van der Waals surface area contributed by atoms with Gasteiger partial charge in [0.25, 0.3) is 5.91 Å². The average Bonchev–Trinajstić information content (AvgIpc) is 2.62. The van der Waals surface area contributed by atoms with Crippen molar-refractivity contribution in [2.75, 3.05) is 6.54 Å². The third-order valence-electron chi connectivity index (χ3n) is 5.08. The molecule has 2 fully saturated rings. The normalized spacial score (nSPS) is 29.0. The number of hydrogen-bond acceptors (Lipinski definition) is 3.